The Morgan fingerprint density at radius 3 is 3.00 bits per heavy atom. The predicted molar refractivity (Wildman–Crippen MR) is 71.3 cm³/mol. The zero-order valence-corrected chi connectivity index (χ0v) is 11.1. The maximum Gasteiger partial charge on any atom is 0.0471 e. The molecule has 1 aliphatic heterocycles. The largest absolute Gasteiger partial charge is 0.396 e. The number of nitrogens with zero attached hydrogens (tertiary/aromatic N) is 1. The molecule has 0 saturated carbocycles. The third-order valence-corrected chi connectivity index (χ3v) is 3.82. The summed E-state index contributed by atoms with van der Waals surface area (Å²) in [6, 6.07) is 6.24. The van der Waals surface area contributed by atoms with E-state index in [1.54, 1.807) is 0 Å². The van der Waals surface area contributed by atoms with E-state index in [4.69, 9.17) is 11.6 Å². The van der Waals surface area contributed by atoms with Crippen LogP contribution >= 0.6 is 11.6 Å². The number of halogens is 1. The highest BCUT2D eigenvalue weighted by molar-refractivity contribution is 6.31. The summed E-state index contributed by atoms with van der Waals surface area (Å²) in [5, 5.41) is 10.1. The van der Waals surface area contributed by atoms with Crippen molar-refractivity contribution < 1.29 is 5.11 Å². The molecule has 1 heterocycles. The van der Waals surface area contributed by atoms with Gasteiger partial charge in [-0.05, 0) is 49.4 Å². The van der Waals surface area contributed by atoms with Crippen LogP contribution < -0.4 is 0 Å². The van der Waals surface area contributed by atoms with Gasteiger partial charge in [-0.25, -0.2) is 0 Å². The van der Waals surface area contributed by atoms with E-state index in [1.807, 2.05) is 6.07 Å². The molecular formula is C14H20ClNO. The van der Waals surface area contributed by atoms with E-state index in [9.17, 15) is 5.11 Å². The monoisotopic (exact) mass is 253 g/mol. The van der Waals surface area contributed by atoms with Gasteiger partial charge in [0.15, 0.2) is 0 Å². The number of aliphatic hydroxyl groups is 1. The first-order valence-electron chi connectivity index (χ1n) is 6.27. The summed E-state index contributed by atoms with van der Waals surface area (Å²) in [5.74, 6) is 0.438. The Labute approximate surface area is 108 Å². The van der Waals surface area contributed by atoms with Crippen molar-refractivity contribution in [2.75, 3.05) is 19.7 Å². The van der Waals surface area contributed by atoms with Gasteiger partial charge in [0.05, 0.1) is 0 Å². The van der Waals surface area contributed by atoms with Crippen molar-refractivity contribution in [2.24, 2.45) is 5.92 Å². The second kappa shape index (κ2) is 5.85. The molecule has 2 rings (SSSR count). The van der Waals surface area contributed by atoms with E-state index in [2.05, 4.69) is 24.0 Å². The summed E-state index contributed by atoms with van der Waals surface area (Å²) in [6.45, 7) is 5.35. The summed E-state index contributed by atoms with van der Waals surface area (Å²) in [4.78, 5) is 2.39. The van der Waals surface area contributed by atoms with Gasteiger partial charge in [-0.3, -0.25) is 4.90 Å². The number of aliphatic hydroxyl groups excluding tert-OH is 1. The second-order valence-electron chi connectivity index (χ2n) is 5.02. The smallest absolute Gasteiger partial charge is 0.0471 e. The van der Waals surface area contributed by atoms with Gasteiger partial charge in [0.2, 0.25) is 0 Å². The summed E-state index contributed by atoms with van der Waals surface area (Å²) >= 11 is 6.24. The molecule has 2 nitrogen and oxygen atoms in total. The molecule has 17 heavy (non-hydrogen) atoms. The zero-order chi connectivity index (χ0) is 12.3. The van der Waals surface area contributed by atoms with Crippen LogP contribution in [-0.4, -0.2) is 29.7 Å². The van der Waals surface area contributed by atoms with Crippen molar-refractivity contribution in [1.82, 2.24) is 4.90 Å². The van der Waals surface area contributed by atoms with Crippen molar-refractivity contribution in [3.63, 3.8) is 0 Å². The topological polar surface area (TPSA) is 23.5 Å². The maximum absolute atomic E-state index is 9.21. The minimum absolute atomic E-state index is 0.304. The summed E-state index contributed by atoms with van der Waals surface area (Å²) in [7, 11) is 0. The molecule has 0 aliphatic carbocycles. The molecule has 94 valence electrons. The van der Waals surface area contributed by atoms with Gasteiger partial charge >= 0.3 is 0 Å². The van der Waals surface area contributed by atoms with Crippen LogP contribution in [0.4, 0.5) is 0 Å². The Bertz CT molecular complexity index is 380. The first-order valence-corrected chi connectivity index (χ1v) is 6.65. The lowest BCUT2D eigenvalue weighted by Gasteiger charge is -2.32. The van der Waals surface area contributed by atoms with Gasteiger partial charge < -0.3 is 5.11 Å². The molecule has 3 heteroatoms. The molecule has 0 unspecified atom stereocenters. The van der Waals surface area contributed by atoms with Crippen LogP contribution in [-0.2, 0) is 6.54 Å². The minimum Gasteiger partial charge on any atom is -0.396 e. The maximum atomic E-state index is 9.21. The Balaban J connectivity index is 2.00. The average molecular weight is 254 g/mol. The normalized spacial score (nSPS) is 21.7. The van der Waals surface area contributed by atoms with E-state index in [0.29, 0.717) is 12.5 Å². The van der Waals surface area contributed by atoms with E-state index >= 15 is 0 Å². The number of hydrogen-bond donors (Lipinski definition) is 1. The first-order chi connectivity index (χ1) is 8.19. The van der Waals surface area contributed by atoms with E-state index in [-0.39, 0.29) is 0 Å². The standard InChI is InChI=1S/C14H20ClNO/c1-11-4-5-13(14(15)7-11)9-16-6-2-3-12(8-16)10-17/h4-5,7,12,17H,2-3,6,8-10H2,1H3/t12-/m1/s1. The molecule has 0 amide bonds. The quantitative estimate of drug-likeness (QED) is 0.896. The molecule has 0 aromatic heterocycles. The summed E-state index contributed by atoms with van der Waals surface area (Å²) < 4.78 is 0. The van der Waals surface area contributed by atoms with Crippen molar-refractivity contribution in [1.29, 1.82) is 0 Å². The molecule has 1 aromatic carbocycles. The lowest BCUT2D eigenvalue weighted by molar-refractivity contribution is 0.116. The minimum atomic E-state index is 0.304. The molecule has 1 saturated heterocycles. The van der Waals surface area contributed by atoms with Crippen LogP contribution in [0.15, 0.2) is 18.2 Å². The van der Waals surface area contributed by atoms with Gasteiger partial charge in [-0.1, -0.05) is 23.7 Å². The number of likely N-dealkylation sites (tertiary alicyclic amines) is 1. The first kappa shape index (κ1) is 12.9. The van der Waals surface area contributed by atoms with Gasteiger partial charge in [0, 0.05) is 24.7 Å². The van der Waals surface area contributed by atoms with Crippen LogP contribution in [0.3, 0.4) is 0 Å². The highest BCUT2D eigenvalue weighted by Gasteiger charge is 2.19. The van der Waals surface area contributed by atoms with Crippen LogP contribution in [0.1, 0.15) is 24.0 Å². The zero-order valence-electron chi connectivity index (χ0n) is 10.3. The fraction of sp³-hybridized carbons (Fsp3) is 0.571. The van der Waals surface area contributed by atoms with Gasteiger partial charge in [0.25, 0.3) is 0 Å². The lowest BCUT2D eigenvalue weighted by Crippen LogP contribution is -2.36. The third-order valence-electron chi connectivity index (χ3n) is 3.46. The van der Waals surface area contributed by atoms with Crippen LogP contribution in [0.5, 0.6) is 0 Å². The summed E-state index contributed by atoms with van der Waals surface area (Å²) in [5.41, 5.74) is 2.39. The lowest BCUT2D eigenvalue weighted by atomic mass is 9.98. The third kappa shape index (κ3) is 3.44. The average Bonchev–Trinajstić information content (AvgIpc) is 2.33. The highest BCUT2D eigenvalue weighted by atomic mass is 35.5. The fourth-order valence-corrected chi connectivity index (χ4v) is 2.76. The van der Waals surface area contributed by atoms with Crippen molar-refractivity contribution >= 4 is 11.6 Å². The summed E-state index contributed by atoms with van der Waals surface area (Å²) in [6.07, 6.45) is 2.32. The Morgan fingerprint density at radius 2 is 2.29 bits per heavy atom. The van der Waals surface area contributed by atoms with Crippen LogP contribution in [0, 0.1) is 12.8 Å². The van der Waals surface area contributed by atoms with Gasteiger partial charge in [0.1, 0.15) is 0 Å². The van der Waals surface area contributed by atoms with Gasteiger partial charge in [-0.2, -0.15) is 0 Å². The molecule has 0 bridgehead atoms. The SMILES string of the molecule is Cc1ccc(CN2CCC[C@@H](CO)C2)c(Cl)c1. The Kier molecular flexibility index (Phi) is 4.43. The molecule has 0 radical (unpaired) electrons. The van der Waals surface area contributed by atoms with E-state index in [0.717, 1.165) is 31.1 Å². The Hall–Kier alpha value is -0.570. The molecular weight excluding hydrogens is 234 g/mol. The molecule has 1 aromatic rings. The second-order valence-corrected chi connectivity index (χ2v) is 5.43. The van der Waals surface area contributed by atoms with Crippen LogP contribution in [0.25, 0.3) is 0 Å². The number of aryl methyl sites for hydroxylation is 1. The molecule has 1 fully saturated rings. The molecule has 1 N–H and O–H groups in total. The van der Waals surface area contributed by atoms with Crippen LogP contribution in [0.2, 0.25) is 5.02 Å². The molecule has 1 aliphatic rings. The Morgan fingerprint density at radius 1 is 1.47 bits per heavy atom. The van der Waals surface area contributed by atoms with Crippen molar-refractivity contribution in [2.45, 2.75) is 26.3 Å². The van der Waals surface area contributed by atoms with E-state index in [1.165, 1.54) is 17.5 Å². The number of benzene rings is 1. The van der Waals surface area contributed by atoms with Crippen molar-refractivity contribution in [3.8, 4) is 0 Å². The van der Waals surface area contributed by atoms with E-state index < -0.39 is 0 Å². The fourth-order valence-electron chi connectivity index (χ4n) is 2.47. The predicted octanol–water partition coefficient (Wildman–Crippen LogP) is 2.85. The highest BCUT2D eigenvalue weighted by Crippen LogP contribution is 2.22. The van der Waals surface area contributed by atoms with Crippen molar-refractivity contribution in [3.05, 3.63) is 34.3 Å². The number of hydrogen-bond acceptors (Lipinski definition) is 2. The number of piperidine rings is 1. The van der Waals surface area contributed by atoms with Gasteiger partial charge in [-0.15, -0.1) is 0 Å². The molecule has 1 atom stereocenters. The molecule has 0 spiro atoms. The number of rotatable bonds is 3.